The lowest BCUT2D eigenvalue weighted by Crippen LogP contribution is -2.29. The molecule has 3 heterocycles. The summed E-state index contributed by atoms with van der Waals surface area (Å²) < 4.78 is 11.8. The van der Waals surface area contributed by atoms with Gasteiger partial charge in [0.15, 0.2) is 0 Å². The highest BCUT2D eigenvalue weighted by Gasteiger charge is 2.42. The molecule has 0 amide bonds. The molecule has 0 spiro atoms. The maximum Gasteiger partial charge on any atom is 0.126 e. The summed E-state index contributed by atoms with van der Waals surface area (Å²) in [5, 5.41) is 3.68. The van der Waals surface area contributed by atoms with Crippen LogP contribution in [0.5, 0.6) is 0 Å². The molecule has 0 bridgehead atoms. The number of furan rings is 1. The van der Waals surface area contributed by atoms with Gasteiger partial charge in [0.05, 0.1) is 18.4 Å². The van der Waals surface area contributed by atoms with Crippen LogP contribution in [-0.4, -0.2) is 6.61 Å². The number of benzene rings is 1. The van der Waals surface area contributed by atoms with Gasteiger partial charge in [0.25, 0.3) is 0 Å². The Hall–Kier alpha value is -1.74. The first-order valence-corrected chi connectivity index (χ1v) is 8.10. The molecule has 3 unspecified atom stereocenters. The molecule has 2 aliphatic rings. The molecule has 1 N–H and O–H groups in total. The van der Waals surface area contributed by atoms with Crippen LogP contribution in [0.15, 0.2) is 41.0 Å². The summed E-state index contributed by atoms with van der Waals surface area (Å²) in [6.45, 7) is 7.59. The van der Waals surface area contributed by atoms with E-state index < -0.39 is 0 Å². The Morgan fingerprint density at radius 2 is 2.05 bits per heavy atom. The molecule has 116 valence electrons. The van der Waals surface area contributed by atoms with E-state index in [1.165, 1.54) is 16.8 Å². The average Bonchev–Trinajstić information content (AvgIpc) is 3.16. The minimum atomic E-state index is 0.154. The second kappa shape index (κ2) is 4.88. The molecule has 4 rings (SSSR count). The van der Waals surface area contributed by atoms with Gasteiger partial charge in [-0.15, -0.1) is 0 Å². The third kappa shape index (κ3) is 2.15. The Labute approximate surface area is 131 Å². The summed E-state index contributed by atoms with van der Waals surface area (Å²) >= 11 is 0. The van der Waals surface area contributed by atoms with E-state index in [-0.39, 0.29) is 17.6 Å². The first kappa shape index (κ1) is 13.9. The van der Waals surface area contributed by atoms with Crippen molar-refractivity contribution >= 4 is 5.69 Å². The van der Waals surface area contributed by atoms with E-state index in [0.717, 1.165) is 18.8 Å². The molecule has 3 heteroatoms. The molecule has 1 aromatic heterocycles. The van der Waals surface area contributed by atoms with Crippen molar-refractivity contribution in [2.45, 2.75) is 44.8 Å². The van der Waals surface area contributed by atoms with Crippen molar-refractivity contribution in [3.63, 3.8) is 0 Å². The second-order valence-electron chi connectivity index (χ2n) is 7.43. The fourth-order valence-corrected chi connectivity index (χ4v) is 3.69. The maximum atomic E-state index is 6.10. The number of nitrogens with one attached hydrogen (secondary N) is 1. The van der Waals surface area contributed by atoms with Gasteiger partial charge in [-0.3, -0.25) is 0 Å². The molecule has 2 aliphatic heterocycles. The summed E-state index contributed by atoms with van der Waals surface area (Å²) in [6, 6.07) is 11.0. The number of ether oxygens (including phenoxy) is 1. The van der Waals surface area contributed by atoms with Crippen molar-refractivity contribution in [3.05, 3.63) is 53.5 Å². The van der Waals surface area contributed by atoms with Crippen LogP contribution in [0.4, 0.5) is 5.69 Å². The Morgan fingerprint density at radius 1 is 1.18 bits per heavy atom. The summed E-state index contributed by atoms with van der Waals surface area (Å²) in [7, 11) is 0. The Bertz CT molecular complexity index is 669. The predicted molar refractivity (Wildman–Crippen MR) is 87.0 cm³/mol. The first-order chi connectivity index (χ1) is 10.5. The van der Waals surface area contributed by atoms with Crippen LogP contribution >= 0.6 is 0 Å². The molecule has 0 aliphatic carbocycles. The third-order valence-corrected chi connectivity index (χ3v) is 4.95. The van der Waals surface area contributed by atoms with Crippen molar-refractivity contribution in [1.29, 1.82) is 0 Å². The molecule has 0 saturated carbocycles. The molecule has 1 fully saturated rings. The number of fused-ring (bicyclic) bond motifs is 3. The highest BCUT2D eigenvalue weighted by atomic mass is 16.5. The lowest BCUT2D eigenvalue weighted by molar-refractivity contribution is 0.0807. The van der Waals surface area contributed by atoms with E-state index in [9.17, 15) is 0 Å². The average molecular weight is 297 g/mol. The van der Waals surface area contributed by atoms with Crippen LogP contribution in [-0.2, 0) is 10.2 Å². The van der Waals surface area contributed by atoms with Gasteiger partial charge in [-0.25, -0.2) is 0 Å². The van der Waals surface area contributed by atoms with Gasteiger partial charge in [-0.1, -0.05) is 32.9 Å². The number of rotatable bonds is 1. The van der Waals surface area contributed by atoms with Crippen molar-refractivity contribution in [3.8, 4) is 0 Å². The van der Waals surface area contributed by atoms with Crippen molar-refractivity contribution in [2.24, 2.45) is 5.92 Å². The summed E-state index contributed by atoms with van der Waals surface area (Å²) in [6.07, 6.45) is 3.00. The fraction of sp³-hybridized carbons (Fsp3) is 0.474. The smallest absolute Gasteiger partial charge is 0.126 e. The molecule has 22 heavy (non-hydrogen) atoms. The van der Waals surface area contributed by atoms with Gasteiger partial charge < -0.3 is 14.5 Å². The van der Waals surface area contributed by atoms with E-state index in [1.54, 1.807) is 6.26 Å². The van der Waals surface area contributed by atoms with Crippen LogP contribution < -0.4 is 5.32 Å². The Balaban J connectivity index is 1.77. The van der Waals surface area contributed by atoms with Crippen LogP contribution in [0, 0.1) is 5.92 Å². The minimum absolute atomic E-state index is 0.154. The van der Waals surface area contributed by atoms with Crippen LogP contribution in [0.2, 0.25) is 0 Å². The zero-order valence-electron chi connectivity index (χ0n) is 13.4. The maximum absolute atomic E-state index is 6.10. The van der Waals surface area contributed by atoms with Gasteiger partial charge in [0.1, 0.15) is 5.76 Å². The van der Waals surface area contributed by atoms with E-state index in [4.69, 9.17) is 9.15 Å². The van der Waals surface area contributed by atoms with E-state index >= 15 is 0 Å². The SMILES string of the molecule is CC(C)(C)c1ccc2c(c1)C1OCCC1C(c1ccco1)N2. The topological polar surface area (TPSA) is 34.4 Å². The minimum Gasteiger partial charge on any atom is -0.467 e. The quantitative estimate of drug-likeness (QED) is 0.819. The Morgan fingerprint density at radius 3 is 2.77 bits per heavy atom. The highest BCUT2D eigenvalue weighted by Crippen LogP contribution is 2.50. The van der Waals surface area contributed by atoms with Crippen LogP contribution in [0.25, 0.3) is 0 Å². The van der Waals surface area contributed by atoms with Crippen LogP contribution in [0.3, 0.4) is 0 Å². The third-order valence-electron chi connectivity index (χ3n) is 4.95. The lowest BCUT2D eigenvalue weighted by Gasteiger charge is -2.36. The molecule has 3 nitrogen and oxygen atoms in total. The molecule has 3 atom stereocenters. The fourth-order valence-electron chi connectivity index (χ4n) is 3.69. The largest absolute Gasteiger partial charge is 0.467 e. The monoisotopic (exact) mass is 297 g/mol. The normalized spacial score (nSPS) is 27.1. The zero-order chi connectivity index (χ0) is 15.3. The molecule has 1 saturated heterocycles. The standard InChI is InChI=1S/C19H23NO2/c1-19(2,3)12-6-7-15-14(11-12)18-13(8-10-22-18)17(20-15)16-5-4-9-21-16/h4-7,9,11,13,17-18,20H,8,10H2,1-3H3. The van der Waals surface area contributed by atoms with Gasteiger partial charge in [0.2, 0.25) is 0 Å². The van der Waals surface area contributed by atoms with Crippen molar-refractivity contribution < 1.29 is 9.15 Å². The van der Waals surface area contributed by atoms with E-state index in [2.05, 4.69) is 50.4 Å². The number of anilines is 1. The van der Waals surface area contributed by atoms with E-state index in [1.807, 2.05) is 6.07 Å². The first-order valence-electron chi connectivity index (χ1n) is 8.10. The summed E-state index contributed by atoms with van der Waals surface area (Å²) in [4.78, 5) is 0. The van der Waals surface area contributed by atoms with Gasteiger partial charge in [-0.05, 0) is 35.6 Å². The number of hydrogen-bond donors (Lipinski definition) is 1. The van der Waals surface area contributed by atoms with Gasteiger partial charge in [0, 0.05) is 23.8 Å². The van der Waals surface area contributed by atoms with Crippen molar-refractivity contribution in [1.82, 2.24) is 0 Å². The van der Waals surface area contributed by atoms with Crippen LogP contribution in [0.1, 0.15) is 56.2 Å². The van der Waals surface area contributed by atoms with Crippen molar-refractivity contribution in [2.75, 3.05) is 11.9 Å². The molecule has 0 radical (unpaired) electrons. The van der Waals surface area contributed by atoms with Gasteiger partial charge >= 0.3 is 0 Å². The summed E-state index contributed by atoms with van der Waals surface area (Å²) in [5.41, 5.74) is 4.00. The Kier molecular flexibility index (Phi) is 3.08. The predicted octanol–water partition coefficient (Wildman–Crippen LogP) is 4.82. The molecule has 2 aromatic rings. The molecular weight excluding hydrogens is 274 g/mol. The highest BCUT2D eigenvalue weighted by molar-refractivity contribution is 5.58. The van der Waals surface area contributed by atoms with E-state index in [0.29, 0.717) is 5.92 Å². The lowest BCUT2D eigenvalue weighted by atomic mass is 9.79. The zero-order valence-corrected chi connectivity index (χ0v) is 13.4. The second-order valence-corrected chi connectivity index (χ2v) is 7.43. The van der Waals surface area contributed by atoms with Gasteiger partial charge in [-0.2, -0.15) is 0 Å². The molecule has 1 aromatic carbocycles. The number of hydrogen-bond acceptors (Lipinski definition) is 3. The molecular formula is C19H23NO2. The summed E-state index contributed by atoms with van der Waals surface area (Å²) in [5.74, 6) is 1.44.